The number of benzene rings is 3. The van der Waals surface area contributed by atoms with E-state index < -0.39 is 0 Å². The van der Waals surface area contributed by atoms with E-state index in [1.807, 2.05) is 83.4 Å². The summed E-state index contributed by atoms with van der Waals surface area (Å²) in [5, 5.41) is 0.667. The molecule has 5 aromatic rings. The van der Waals surface area contributed by atoms with Gasteiger partial charge in [-0.3, -0.25) is 4.57 Å². The van der Waals surface area contributed by atoms with Crippen molar-refractivity contribution in [3.05, 3.63) is 83.9 Å². The highest BCUT2D eigenvalue weighted by atomic mass is 35.5. The highest BCUT2D eigenvalue weighted by molar-refractivity contribution is 6.30. The lowest BCUT2D eigenvalue weighted by molar-refractivity contribution is 1.08. The Kier molecular flexibility index (Phi) is 3.43. The van der Waals surface area contributed by atoms with E-state index in [-0.39, 0.29) is 0 Å². The van der Waals surface area contributed by atoms with Gasteiger partial charge in [-0.2, -0.15) is 0 Å². The molecule has 0 N–H and O–H groups in total. The molecule has 4 nitrogen and oxygen atoms in total. The van der Waals surface area contributed by atoms with Crippen molar-refractivity contribution in [2.24, 2.45) is 0 Å². The molecule has 26 heavy (non-hydrogen) atoms. The Balaban J connectivity index is 1.90. The van der Waals surface area contributed by atoms with Crippen LogP contribution in [0.25, 0.3) is 39.4 Å². The van der Waals surface area contributed by atoms with E-state index in [1.165, 1.54) is 0 Å². The molecule has 5 rings (SSSR count). The van der Waals surface area contributed by atoms with Crippen LogP contribution in [0, 0.1) is 0 Å². The maximum absolute atomic E-state index is 6.21. The summed E-state index contributed by atoms with van der Waals surface area (Å²) >= 11 is 6.21. The van der Waals surface area contributed by atoms with Crippen LogP contribution in [0.2, 0.25) is 5.02 Å². The third kappa shape index (κ3) is 2.43. The van der Waals surface area contributed by atoms with Crippen LogP contribution in [-0.2, 0) is 0 Å². The van der Waals surface area contributed by atoms with Crippen molar-refractivity contribution >= 4 is 33.9 Å². The third-order valence-electron chi connectivity index (χ3n) is 4.27. The quantitative estimate of drug-likeness (QED) is 0.431. The van der Waals surface area contributed by atoms with Crippen molar-refractivity contribution in [1.29, 1.82) is 0 Å². The molecule has 0 amide bonds. The van der Waals surface area contributed by atoms with Gasteiger partial charge in [-0.05, 0) is 36.4 Å². The van der Waals surface area contributed by atoms with Gasteiger partial charge in [0.15, 0.2) is 11.3 Å². The van der Waals surface area contributed by atoms with Gasteiger partial charge in [0.05, 0.1) is 11.0 Å². The maximum Gasteiger partial charge on any atom is 0.199 e. The fourth-order valence-corrected chi connectivity index (χ4v) is 3.29. The normalized spacial score (nSPS) is 11.3. The van der Waals surface area contributed by atoms with Crippen LogP contribution >= 0.6 is 11.6 Å². The average molecular weight is 357 g/mol. The number of imidazole rings is 1. The second-order valence-electron chi connectivity index (χ2n) is 5.98. The molecule has 0 bridgehead atoms. The van der Waals surface area contributed by atoms with Gasteiger partial charge in [-0.1, -0.05) is 54.1 Å². The lowest BCUT2D eigenvalue weighted by Crippen LogP contribution is -1.99. The first-order valence-electron chi connectivity index (χ1n) is 8.26. The van der Waals surface area contributed by atoms with Crippen molar-refractivity contribution < 1.29 is 0 Å². The Hall–Kier alpha value is -3.24. The van der Waals surface area contributed by atoms with Crippen LogP contribution in [0.4, 0.5) is 0 Å². The second kappa shape index (κ2) is 5.93. The number of nitrogens with zero attached hydrogens (tertiary/aromatic N) is 4. The van der Waals surface area contributed by atoms with E-state index in [2.05, 4.69) is 0 Å². The molecule has 0 aliphatic rings. The summed E-state index contributed by atoms with van der Waals surface area (Å²) in [5.74, 6) is 0.768. The second-order valence-corrected chi connectivity index (χ2v) is 6.41. The van der Waals surface area contributed by atoms with Gasteiger partial charge in [0.25, 0.3) is 0 Å². The van der Waals surface area contributed by atoms with Crippen LogP contribution in [0.15, 0.2) is 78.9 Å². The highest BCUT2D eigenvalue weighted by Crippen LogP contribution is 2.29. The Morgan fingerprint density at radius 1 is 0.692 bits per heavy atom. The van der Waals surface area contributed by atoms with E-state index in [1.54, 1.807) is 0 Å². The topological polar surface area (TPSA) is 43.6 Å². The summed E-state index contributed by atoms with van der Waals surface area (Å²) in [7, 11) is 0. The minimum absolute atomic E-state index is 0.613. The number of aromatic nitrogens is 4. The first-order chi connectivity index (χ1) is 12.8. The molecule has 0 saturated heterocycles. The summed E-state index contributed by atoms with van der Waals surface area (Å²) < 4.78 is 2.03. The first kappa shape index (κ1) is 15.0. The lowest BCUT2D eigenvalue weighted by atomic mass is 10.2. The maximum atomic E-state index is 6.21. The van der Waals surface area contributed by atoms with Crippen molar-refractivity contribution in [2.45, 2.75) is 0 Å². The predicted molar refractivity (Wildman–Crippen MR) is 105 cm³/mol. The summed E-state index contributed by atoms with van der Waals surface area (Å²) in [4.78, 5) is 14.3. The van der Waals surface area contributed by atoms with Crippen molar-refractivity contribution in [1.82, 2.24) is 19.5 Å². The predicted octanol–water partition coefficient (Wildman–Crippen LogP) is 5.29. The Morgan fingerprint density at radius 2 is 1.42 bits per heavy atom. The fourth-order valence-electron chi connectivity index (χ4n) is 3.10. The van der Waals surface area contributed by atoms with Crippen LogP contribution in [0.1, 0.15) is 0 Å². The Morgan fingerprint density at radius 3 is 2.19 bits per heavy atom. The lowest BCUT2D eigenvalue weighted by Gasteiger charge is -2.09. The monoisotopic (exact) mass is 356 g/mol. The molecule has 0 atom stereocenters. The van der Waals surface area contributed by atoms with E-state index in [4.69, 9.17) is 26.6 Å². The van der Waals surface area contributed by atoms with Gasteiger partial charge >= 0.3 is 0 Å². The summed E-state index contributed by atoms with van der Waals surface area (Å²) in [6.07, 6.45) is 0. The van der Waals surface area contributed by atoms with E-state index in [0.29, 0.717) is 10.7 Å². The van der Waals surface area contributed by atoms with E-state index in [9.17, 15) is 0 Å². The summed E-state index contributed by atoms with van der Waals surface area (Å²) in [5.41, 5.74) is 4.91. The van der Waals surface area contributed by atoms with Crippen molar-refractivity contribution in [2.75, 3.05) is 0 Å². The zero-order chi connectivity index (χ0) is 17.5. The number of rotatable bonds is 2. The van der Waals surface area contributed by atoms with Gasteiger partial charge in [0.2, 0.25) is 0 Å². The third-order valence-corrected chi connectivity index (χ3v) is 4.50. The standard InChI is InChI=1S/C21H13ClN4/c22-15-8-6-7-14(13-15)20-25-19-21(26(20)16-9-2-1-3-10-16)24-18-12-5-4-11-17(18)23-19/h1-13H. The van der Waals surface area contributed by atoms with Crippen LogP contribution in [-0.4, -0.2) is 19.5 Å². The molecule has 3 aromatic carbocycles. The molecule has 5 heteroatoms. The number of para-hydroxylation sites is 3. The summed E-state index contributed by atoms with van der Waals surface area (Å²) in [6.45, 7) is 0. The summed E-state index contributed by atoms with van der Waals surface area (Å²) in [6, 6.07) is 25.5. The van der Waals surface area contributed by atoms with Crippen molar-refractivity contribution in [3.63, 3.8) is 0 Å². The number of fused-ring (bicyclic) bond motifs is 2. The fraction of sp³-hybridized carbons (Fsp3) is 0. The zero-order valence-corrected chi connectivity index (χ0v) is 14.4. The Labute approximate surface area is 154 Å². The highest BCUT2D eigenvalue weighted by Gasteiger charge is 2.17. The van der Waals surface area contributed by atoms with Gasteiger partial charge in [-0.15, -0.1) is 0 Å². The molecular weight excluding hydrogens is 344 g/mol. The van der Waals surface area contributed by atoms with E-state index >= 15 is 0 Å². The van der Waals surface area contributed by atoms with Crippen LogP contribution in [0.3, 0.4) is 0 Å². The van der Waals surface area contributed by atoms with Crippen LogP contribution in [0.5, 0.6) is 0 Å². The largest absolute Gasteiger partial charge is 0.275 e. The minimum Gasteiger partial charge on any atom is -0.275 e. The molecule has 0 unspecified atom stereocenters. The molecular formula is C21H13ClN4. The van der Waals surface area contributed by atoms with E-state index in [0.717, 1.165) is 33.8 Å². The number of hydrogen-bond acceptors (Lipinski definition) is 3. The number of halogens is 1. The van der Waals surface area contributed by atoms with Gasteiger partial charge in [-0.25, -0.2) is 15.0 Å². The Bertz CT molecular complexity index is 1240. The zero-order valence-electron chi connectivity index (χ0n) is 13.7. The smallest absolute Gasteiger partial charge is 0.199 e. The van der Waals surface area contributed by atoms with Gasteiger partial charge in [0, 0.05) is 16.3 Å². The molecule has 2 heterocycles. The molecule has 0 radical (unpaired) electrons. The molecule has 0 spiro atoms. The average Bonchev–Trinajstić information content (AvgIpc) is 3.05. The molecule has 124 valence electrons. The molecule has 0 fully saturated rings. The van der Waals surface area contributed by atoms with Crippen LogP contribution < -0.4 is 0 Å². The molecule has 2 aromatic heterocycles. The van der Waals surface area contributed by atoms with Crippen molar-refractivity contribution in [3.8, 4) is 17.1 Å². The first-order valence-corrected chi connectivity index (χ1v) is 8.64. The van der Waals surface area contributed by atoms with Gasteiger partial charge in [0.1, 0.15) is 5.82 Å². The number of hydrogen-bond donors (Lipinski definition) is 0. The molecule has 0 aliphatic carbocycles. The molecule has 0 aliphatic heterocycles. The molecule has 0 saturated carbocycles. The minimum atomic E-state index is 0.613. The van der Waals surface area contributed by atoms with Gasteiger partial charge < -0.3 is 0 Å². The SMILES string of the molecule is Clc1cccc(-c2nc3nc4ccccc4nc3n2-c2ccccc2)c1.